The normalized spacial score (nSPS) is 18.0. The number of nitrogens with one attached hydrogen (secondary N) is 1. The third kappa shape index (κ3) is 3.39. The van der Waals surface area contributed by atoms with Gasteiger partial charge in [-0.2, -0.15) is 0 Å². The minimum absolute atomic E-state index is 0.0891. The molecule has 1 aromatic carbocycles. The van der Waals surface area contributed by atoms with Crippen LogP contribution in [0.4, 0.5) is 0 Å². The summed E-state index contributed by atoms with van der Waals surface area (Å²) in [7, 11) is 0. The van der Waals surface area contributed by atoms with E-state index in [9.17, 15) is 9.59 Å². The van der Waals surface area contributed by atoms with Crippen LogP contribution >= 0.6 is 0 Å². The molecule has 0 spiro atoms. The Kier molecular flexibility index (Phi) is 5.38. The molecule has 0 radical (unpaired) electrons. The van der Waals surface area contributed by atoms with Gasteiger partial charge in [0.05, 0.1) is 0 Å². The van der Waals surface area contributed by atoms with E-state index in [0.717, 1.165) is 5.56 Å². The molecule has 0 unspecified atom stereocenters. The lowest BCUT2D eigenvalue weighted by Crippen LogP contribution is -2.56. The molecule has 0 bridgehead atoms. The van der Waals surface area contributed by atoms with Gasteiger partial charge in [0.25, 0.3) is 5.91 Å². The Balaban J connectivity index is 2.22. The Morgan fingerprint density at radius 3 is 2.95 bits per heavy atom. The maximum atomic E-state index is 12.7. The van der Waals surface area contributed by atoms with E-state index in [-0.39, 0.29) is 11.8 Å². The van der Waals surface area contributed by atoms with Gasteiger partial charge < -0.3 is 20.7 Å². The smallest absolute Gasteiger partial charge is 0.254 e. The number of rotatable bonds is 5. The van der Waals surface area contributed by atoms with Crippen LogP contribution in [-0.2, 0) is 4.79 Å². The molecule has 120 valence electrons. The number of ether oxygens (including phenoxy) is 1. The van der Waals surface area contributed by atoms with E-state index < -0.39 is 6.04 Å². The number of aryl methyl sites for hydroxylation is 1. The summed E-state index contributed by atoms with van der Waals surface area (Å²) in [4.78, 5) is 26.2. The minimum Gasteiger partial charge on any atom is -0.492 e. The SMILES string of the molecule is CC[C@@H]1C(=O)NCCN1C(=O)c1ccc(C)c(OCCN)c1. The van der Waals surface area contributed by atoms with Crippen LogP contribution in [0.1, 0.15) is 29.3 Å². The minimum atomic E-state index is -0.407. The number of hydrogen-bond acceptors (Lipinski definition) is 4. The largest absolute Gasteiger partial charge is 0.492 e. The lowest BCUT2D eigenvalue weighted by Gasteiger charge is -2.34. The molecule has 0 aromatic heterocycles. The molecule has 2 rings (SSSR count). The summed E-state index contributed by atoms with van der Waals surface area (Å²) in [6.45, 7) is 5.66. The van der Waals surface area contributed by atoms with Gasteiger partial charge in [0.1, 0.15) is 18.4 Å². The first-order valence-electron chi connectivity index (χ1n) is 7.60. The highest BCUT2D eigenvalue weighted by Gasteiger charge is 2.32. The fourth-order valence-corrected chi connectivity index (χ4v) is 2.59. The van der Waals surface area contributed by atoms with Crippen molar-refractivity contribution < 1.29 is 14.3 Å². The topological polar surface area (TPSA) is 84.7 Å². The van der Waals surface area contributed by atoms with Crippen molar-refractivity contribution in [1.82, 2.24) is 10.2 Å². The second kappa shape index (κ2) is 7.26. The Hall–Kier alpha value is -2.08. The molecular weight excluding hydrogens is 282 g/mol. The van der Waals surface area contributed by atoms with E-state index in [1.54, 1.807) is 17.0 Å². The summed E-state index contributed by atoms with van der Waals surface area (Å²) in [5.74, 6) is 0.430. The predicted octanol–water partition coefficient (Wildman–Crippen LogP) is 0.683. The van der Waals surface area contributed by atoms with Gasteiger partial charge in [-0.1, -0.05) is 13.0 Å². The highest BCUT2D eigenvalue weighted by atomic mass is 16.5. The van der Waals surface area contributed by atoms with Crippen LogP contribution in [0.25, 0.3) is 0 Å². The molecule has 1 fully saturated rings. The van der Waals surface area contributed by atoms with Gasteiger partial charge in [-0.05, 0) is 31.0 Å². The van der Waals surface area contributed by atoms with Crippen LogP contribution < -0.4 is 15.8 Å². The first-order chi connectivity index (χ1) is 10.6. The van der Waals surface area contributed by atoms with Crippen molar-refractivity contribution in [2.24, 2.45) is 5.73 Å². The average molecular weight is 305 g/mol. The van der Waals surface area contributed by atoms with Crippen LogP contribution in [0.15, 0.2) is 18.2 Å². The van der Waals surface area contributed by atoms with Crippen molar-refractivity contribution in [3.8, 4) is 5.75 Å². The molecule has 0 aliphatic carbocycles. The zero-order valence-corrected chi connectivity index (χ0v) is 13.1. The van der Waals surface area contributed by atoms with Crippen molar-refractivity contribution >= 4 is 11.8 Å². The Labute approximate surface area is 130 Å². The molecule has 6 nitrogen and oxygen atoms in total. The van der Waals surface area contributed by atoms with Gasteiger partial charge in [0.2, 0.25) is 5.91 Å². The summed E-state index contributed by atoms with van der Waals surface area (Å²) < 4.78 is 5.56. The van der Waals surface area contributed by atoms with Crippen LogP contribution in [-0.4, -0.2) is 49.0 Å². The molecule has 3 N–H and O–H groups in total. The molecule has 1 aromatic rings. The zero-order valence-electron chi connectivity index (χ0n) is 13.1. The van der Waals surface area contributed by atoms with Gasteiger partial charge >= 0.3 is 0 Å². The van der Waals surface area contributed by atoms with E-state index >= 15 is 0 Å². The number of nitrogens with zero attached hydrogens (tertiary/aromatic N) is 1. The van der Waals surface area contributed by atoms with Crippen LogP contribution in [0, 0.1) is 6.92 Å². The second-order valence-electron chi connectivity index (χ2n) is 5.33. The van der Waals surface area contributed by atoms with E-state index in [4.69, 9.17) is 10.5 Å². The molecule has 1 heterocycles. The van der Waals surface area contributed by atoms with Gasteiger partial charge in [-0.3, -0.25) is 9.59 Å². The highest BCUT2D eigenvalue weighted by Crippen LogP contribution is 2.22. The summed E-state index contributed by atoms with van der Waals surface area (Å²) in [6.07, 6.45) is 0.597. The molecule has 1 aliphatic heterocycles. The molecule has 2 amide bonds. The summed E-state index contributed by atoms with van der Waals surface area (Å²) in [5, 5.41) is 2.80. The fraction of sp³-hybridized carbons (Fsp3) is 0.500. The van der Waals surface area contributed by atoms with E-state index in [0.29, 0.717) is 44.0 Å². The fourth-order valence-electron chi connectivity index (χ4n) is 2.59. The first-order valence-corrected chi connectivity index (χ1v) is 7.60. The van der Waals surface area contributed by atoms with Crippen LogP contribution in [0.3, 0.4) is 0 Å². The van der Waals surface area contributed by atoms with E-state index in [1.807, 2.05) is 19.9 Å². The predicted molar refractivity (Wildman–Crippen MR) is 83.9 cm³/mol. The van der Waals surface area contributed by atoms with Gasteiger partial charge in [0.15, 0.2) is 0 Å². The van der Waals surface area contributed by atoms with Crippen LogP contribution in [0.5, 0.6) is 5.75 Å². The summed E-state index contributed by atoms with van der Waals surface area (Å²) in [6, 6.07) is 4.94. The standard InChI is InChI=1S/C16H23N3O3/c1-3-13-15(20)18-7-8-19(13)16(21)12-5-4-11(2)14(10-12)22-9-6-17/h4-5,10,13H,3,6-9,17H2,1-2H3,(H,18,20)/t13-/m1/s1. The number of carbonyl (C=O) groups is 2. The number of nitrogens with two attached hydrogens (primary N) is 1. The zero-order chi connectivity index (χ0) is 16.1. The second-order valence-corrected chi connectivity index (χ2v) is 5.33. The lowest BCUT2D eigenvalue weighted by molar-refractivity contribution is -0.127. The van der Waals surface area contributed by atoms with Crippen molar-refractivity contribution in [2.45, 2.75) is 26.3 Å². The quantitative estimate of drug-likeness (QED) is 0.838. The molecule has 22 heavy (non-hydrogen) atoms. The van der Waals surface area contributed by atoms with Crippen molar-refractivity contribution in [2.75, 3.05) is 26.2 Å². The van der Waals surface area contributed by atoms with Gasteiger partial charge in [0, 0.05) is 25.2 Å². The third-order valence-electron chi connectivity index (χ3n) is 3.79. The number of benzene rings is 1. The van der Waals surface area contributed by atoms with Gasteiger partial charge in [-0.25, -0.2) is 0 Å². The maximum Gasteiger partial charge on any atom is 0.254 e. The van der Waals surface area contributed by atoms with Crippen molar-refractivity contribution in [3.63, 3.8) is 0 Å². The number of amides is 2. The van der Waals surface area contributed by atoms with Gasteiger partial charge in [-0.15, -0.1) is 0 Å². The molecular formula is C16H23N3O3. The molecule has 0 saturated carbocycles. The van der Waals surface area contributed by atoms with E-state index in [2.05, 4.69) is 5.32 Å². The Bertz CT molecular complexity index is 560. The number of hydrogen-bond donors (Lipinski definition) is 2. The monoisotopic (exact) mass is 305 g/mol. The molecule has 1 atom stereocenters. The summed E-state index contributed by atoms with van der Waals surface area (Å²) in [5.41, 5.74) is 6.93. The van der Waals surface area contributed by atoms with E-state index in [1.165, 1.54) is 0 Å². The molecule has 1 saturated heterocycles. The van der Waals surface area contributed by atoms with Crippen molar-refractivity contribution in [3.05, 3.63) is 29.3 Å². The average Bonchev–Trinajstić information content (AvgIpc) is 2.53. The Morgan fingerprint density at radius 1 is 1.50 bits per heavy atom. The summed E-state index contributed by atoms with van der Waals surface area (Å²) >= 11 is 0. The highest BCUT2D eigenvalue weighted by molar-refractivity contribution is 5.98. The maximum absolute atomic E-state index is 12.7. The lowest BCUT2D eigenvalue weighted by atomic mass is 10.1. The Morgan fingerprint density at radius 2 is 2.27 bits per heavy atom. The molecule has 6 heteroatoms. The van der Waals surface area contributed by atoms with Crippen molar-refractivity contribution in [1.29, 1.82) is 0 Å². The number of piperazine rings is 1. The van der Waals surface area contributed by atoms with Crippen LogP contribution in [0.2, 0.25) is 0 Å². The first kappa shape index (κ1) is 16.3. The third-order valence-corrected chi connectivity index (χ3v) is 3.79. The molecule has 1 aliphatic rings. The number of carbonyl (C=O) groups excluding carboxylic acids is 2.